The molecule has 6 nitrogen and oxygen atoms in total. The Bertz CT molecular complexity index is 975. The monoisotopic (exact) mass is 415 g/mol. The first-order valence-corrected chi connectivity index (χ1v) is 9.73. The van der Waals surface area contributed by atoms with Gasteiger partial charge in [-0.15, -0.1) is 0 Å². The molecule has 1 heterocycles. The van der Waals surface area contributed by atoms with Crippen LogP contribution in [0.5, 0.6) is 5.75 Å². The summed E-state index contributed by atoms with van der Waals surface area (Å²) >= 11 is 7.47. The van der Waals surface area contributed by atoms with E-state index in [-0.39, 0.29) is 12.5 Å². The molecule has 0 radical (unpaired) electrons. The maximum absolute atomic E-state index is 12.8. The van der Waals surface area contributed by atoms with Gasteiger partial charge in [0.2, 0.25) is 0 Å². The van der Waals surface area contributed by atoms with Crippen LogP contribution in [0.4, 0.5) is 5.69 Å². The van der Waals surface area contributed by atoms with Gasteiger partial charge < -0.3 is 10.5 Å². The molecule has 0 aromatic heterocycles. The lowest BCUT2D eigenvalue weighted by Crippen LogP contribution is -2.28. The molecular weight excluding hydrogens is 398 g/mol. The van der Waals surface area contributed by atoms with E-state index in [2.05, 4.69) is 4.99 Å². The van der Waals surface area contributed by atoms with Crippen LogP contribution >= 0.6 is 23.4 Å². The molecule has 0 bridgehead atoms. The van der Waals surface area contributed by atoms with Crippen molar-refractivity contribution in [3.05, 3.63) is 64.0 Å². The predicted octanol–water partition coefficient (Wildman–Crippen LogP) is 3.83. The van der Waals surface area contributed by atoms with Gasteiger partial charge in [0.25, 0.3) is 11.8 Å². The molecule has 0 aliphatic carbocycles. The second kappa shape index (κ2) is 8.95. The number of amides is 2. The Balaban J connectivity index is 1.87. The number of thioether (sulfide) groups is 1. The van der Waals surface area contributed by atoms with E-state index in [9.17, 15) is 9.59 Å². The lowest BCUT2D eigenvalue weighted by Gasteiger charge is -2.12. The molecule has 0 atom stereocenters. The summed E-state index contributed by atoms with van der Waals surface area (Å²) in [7, 11) is 0. The molecule has 0 spiro atoms. The molecule has 8 heteroatoms. The number of halogens is 1. The summed E-state index contributed by atoms with van der Waals surface area (Å²) in [6.45, 7) is 2.18. The molecule has 2 N–H and O–H groups in total. The number of hydrogen-bond acceptors (Lipinski definition) is 5. The first kappa shape index (κ1) is 20.0. The third kappa shape index (κ3) is 4.74. The topological polar surface area (TPSA) is 85.0 Å². The van der Waals surface area contributed by atoms with Gasteiger partial charge in [-0.3, -0.25) is 14.5 Å². The fourth-order valence-corrected chi connectivity index (χ4v) is 3.75. The Labute approximate surface area is 172 Å². The van der Waals surface area contributed by atoms with E-state index in [0.717, 1.165) is 5.56 Å². The van der Waals surface area contributed by atoms with Crippen molar-refractivity contribution in [3.8, 4) is 5.75 Å². The summed E-state index contributed by atoms with van der Waals surface area (Å²) < 4.78 is 5.31. The van der Waals surface area contributed by atoms with Crippen molar-refractivity contribution in [2.45, 2.75) is 6.92 Å². The zero-order chi connectivity index (χ0) is 20.1. The highest BCUT2D eigenvalue weighted by molar-refractivity contribution is 8.18. The highest BCUT2D eigenvalue weighted by Gasteiger charge is 2.32. The minimum atomic E-state index is -0.552. The maximum atomic E-state index is 12.8. The molecule has 0 saturated carbocycles. The third-order valence-electron chi connectivity index (χ3n) is 3.81. The minimum Gasteiger partial charge on any atom is -0.484 e. The highest BCUT2D eigenvalue weighted by atomic mass is 35.5. The number of carbonyl (C=O) groups excluding carboxylic acids is 2. The first-order chi connectivity index (χ1) is 13.5. The maximum Gasteiger partial charge on any atom is 0.266 e. The molecule has 28 heavy (non-hydrogen) atoms. The van der Waals surface area contributed by atoms with Crippen molar-refractivity contribution in [1.29, 1.82) is 0 Å². The molecule has 1 aliphatic heterocycles. The fourth-order valence-electron chi connectivity index (χ4n) is 2.52. The van der Waals surface area contributed by atoms with Crippen molar-refractivity contribution in [3.63, 3.8) is 0 Å². The average molecular weight is 416 g/mol. The Hall–Kier alpha value is -2.77. The van der Waals surface area contributed by atoms with Crippen LogP contribution in [0.3, 0.4) is 0 Å². The number of rotatable bonds is 6. The first-order valence-electron chi connectivity index (χ1n) is 8.53. The second-order valence-corrected chi connectivity index (χ2v) is 7.25. The summed E-state index contributed by atoms with van der Waals surface area (Å²) in [6, 6.07) is 14.3. The van der Waals surface area contributed by atoms with Gasteiger partial charge in [0.1, 0.15) is 5.75 Å². The van der Waals surface area contributed by atoms with Gasteiger partial charge in [-0.1, -0.05) is 35.9 Å². The van der Waals surface area contributed by atoms with Gasteiger partial charge in [0.05, 0.1) is 15.6 Å². The number of likely N-dealkylation sites (N-methyl/N-ethyl adjacent to an activating group) is 1. The number of carbonyl (C=O) groups is 2. The van der Waals surface area contributed by atoms with E-state index in [1.165, 1.54) is 11.8 Å². The number of ether oxygens (including phenoxy) is 1. The summed E-state index contributed by atoms with van der Waals surface area (Å²) in [5.74, 6) is -0.174. The van der Waals surface area contributed by atoms with Crippen molar-refractivity contribution in [2.75, 3.05) is 13.2 Å². The van der Waals surface area contributed by atoms with Crippen LogP contribution < -0.4 is 10.5 Å². The van der Waals surface area contributed by atoms with Gasteiger partial charge in [0, 0.05) is 6.54 Å². The molecule has 1 aliphatic rings. The summed E-state index contributed by atoms with van der Waals surface area (Å²) in [4.78, 5) is 30.3. The molecule has 2 aromatic rings. The van der Waals surface area contributed by atoms with Crippen LogP contribution in [0.2, 0.25) is 5.02 Å². The van der Waals surface area contributed by atoms with E-state index in [1.807, 2.05) is 25.1 Å². The zero-order valence-electron chi connectivity index (χ0n) is 15.1. The number of aliphatic imine (C=N–C) groups is 1. The number of nitrogens with zero attached hydrogens (tertiary/aromatic N) is 2. The normalized spacial score (nSPS) is 16.8. The van der Waals surface area contributed by atoms with Crippen LogP contribution in [0.1, 0.15) is 12.5 Å². The molecule has 3 rings (SSSR count). The Kier molecular flexibility index (Phi) is 6.38. The largest absolute Gasteiger partial charge is 0.484 e. The van der Waals surface area contributed by atoms with Gasteiger partial charge in [-0.05, 0) is 54.6 Å². The molecule has 144 valence electrons. The Morgan fingerprint density at radius 3 is 2.79 bits per heavy atom. The fraction of sp³-hybridized carbons (Fsp3) is 0.150. The van der Waals surface area contributed by atoms with E-state index in [0.29, 0.717) is 33.1 Å². The van der Waals surface area contributed by atoms with Gasteiger partial charge in [-0.2, -0.15) is 0 Å². The van der Waals surface area contributed by atoms with Crippen LogP contribution in [-0.2, 0) is 9.59 Å². The van der Waals surface area contributed by atoms with Gasteiger partial charge >= 0.3 is 0 Å². The predicted molar refractivity (Wildman–Crippen MR) is 113 cm³/mol. The number of nitrogens with two attached hydrogens (primary N) is 1. The number of amidine groups is 1. The third-order valence-corrected chi connectivity index (χ3v) is 5.14. The molecule has 0 unspecified atom stereocenters. The quantitative estimate of drug-likeness (QED) is 0.726. The van der Waals surface area contributed by atoms with E-state index < -0.39 is 5.91 Å². The molecular formula is C20H18ClN3O3S. The Morgan fingerprint density at radius 2 is 2.07 bits per heavy atom. The van der Waals surface area contributed by atoms with E-state index in [1.54, 1.807) is 41.3 Å². The van der Waals surface area contributed by atoms with Gasteiger partial charge in [-0.25, -0.2) is 4.99 Å². The van der Waals surface area contributed by atoms with Crippen LogP contribution in [0.25, 0.3) is 6.08 Å². The van der Waals surface area contributed by atoms with Crippen molar-refractivity contribution >= 4 is 52.1 Å². The van der Waals surface area contributed by atoms with Crippen molar-refractivity contribution in [2.24, 2.45) is 10.7 Å². The lowest BCUT2D eigenvalue weighted by molar-refractivity contribution is -0.122. The zero-order valence-corrected chi connectivity index (χ0v) is 16.7. The van der Waals surface area contributed by atoms with Crippen LogP contribution in [0.15, 0.2) is 58.4 Å². The molecule has 2 amide bonds. The Morgan fingerprint density at radius 1 is 1.29 bits per heavy atom. The molecule has 1 fully saturated rings. The van der Waals surface area contributed by atoms with E-state index >= 15 is 0 Å². The smallest absolute Gasteiger partial charge is 0.266 e. The summed E-state index contributed by atoms with van der Waals surface area (Å²) in [5.41, 5.74) is 6.48. The highest BCUT2D eigenvalue weighted by Crippen LogP contribution is 2.35. The van der Waals surface area contributed by atoms with E-state index in [4.69, 9.17) is 22.1 Å². The SMILES string of the molecule is CCN1C(=O)/C(=C\c2cccc(OCC(N)=O)c2)SC1=Nc1ccccc1Cl. The molecule has 2 aromatic carbocycles. The summed E-state index contributed by atoms with van der Waals surface area (Å²) in [5, 5.41) is 1.10. The average Bonchev–Trinajstić information content (AvgIpc) is 2.96. The number of primary amides is 1. The standard InChI is InChI=1S/C20H18ClN3O3S/c1-2-24-19(26)17(28-20(24)23-16-9-4-3-8-15(16)21)11-13-6-5-7-14(10-13)27-12-18(22)25/h3-11H,2,12H2,1H3,(H2,22,25)/b17-11+,23-20?. The number of para-hydroxylation sites is 1. The second-order valence-electron chi connectivity index (χ2n) is 5.83. The van der Waals surface area contributed by atoms with Crippen LogP contribution in [0, 0.1) is 0 Å². The van der Waals surface area contributed by atoms with Gasteiger partial charge in [0.15, 0.2) is 11.8 Å². The number of benzene rings is 2. The lowest BCUT2D eigenvalue weighted by atomic mass is 10.2. The molecule has 1 saturated heterocycles. The minimum absolute atomic E-state index is 0.123. The van der Waals surface area contributed by atoms with Crippen molar-refractivity contribution < 1.29 is 14.3 Å². The number of hydrogen-bond donors (Lipinski definition) is 1. The van der Waals surface area contributed by atoms with Crippen LogP contribution in [-0.4, -0.2) is 35.0 Å². The summed E-state index contributed by atoms with van der Waals surface area (Å²) in [6.07, 6.45) is 1.77. The van der Waals surface area contributed by atoms with Crippen molar-refractivity contribution in [1.82, 2.24) is 4.90 Å².